The zero-order valence-electron chi connectivity index (χ0n) is 9.30. The van der Waals surface area contributed by atoms with Crippen LogP contribution in [0.1, 0.15) is 11.9 Å². The lowest BCUT2D eigenvalue weighted by atomic mass is 10.3. The first-order valence-corrected chi connectivity index (χ1v) is 7.31. The van der Waals surface area contributed by atoms with Crippen LogP contribution in [0.3, 0.4) is 0 Å². The number of carbonyl (C=O) groups excluding carboxylic acids is 1. The SMILES string of the molecule is CC(NS(C)(=O)=O)C(=O)NCc1nnc(N)s1. The topological polar surface area (TPSA) is 127 Å². The molecule has 0 radical (unpaired) electrons. The molecule has 1 amide bonds. The minimum atomic E-state index is -3.40. The van der Waals surface area contributed by atoms with Crippen LogP contribution in [0.4, 0.5) is 5.13 Å². The van der Waals surface area contributed by atoms with E-state index < -0.39 is 22.0 Å². The Bertz CT molecular complexity index is 497. The number of anilines is 1. The highest BCUT2D eigenvalue weighted by atomic mass is 32.2. The van der Waals surface area contributed by atoms with E-state index in [0.717, 1.165) is 17.6 Å². The van der Waals surface area contributed by atoms with Gasteiger partial charge in [-0.25, -0.2) is 13.1 Å². The molecule has 10 heteroatoms. The zero-order chi connectivity index (χ0) is 13.1. The number of nitrogens with one attached hydrogen (secondary N) is 2. The van der Waals surface area contributed by atoms with Crippen LogP contribution in [-0.2, 0) is 21.4 Å². The van der Waals surface area contributed by atoms with Crippen LogP contribution in [0.25, 0.3) is 0 Å². The van der Waals surface area contributed by atoms with E-state index in [2.05, 4.69) is 20.2 Å². The average Bonchev–Trinajstić information content (AvgIpc) is 2.58. The van der Waals surface area contributed by atoms with Crippen molar-refractivity contribution in [3.63, 3.8) is 0 Å². The highest BCUT2D eigenvalue weighted by molar-refractivity contribution is 7.88. The highest BCUT2D eigenvalue weighted by Gasteiger charge is 2.16. The smallest absolute Gasteiger partial charge is 0.238 e. The van der Waals surface area contributed by atoms with E-state index in [4.69, 9.17) is 5.73 Å². The van der Waals surface area contributed by atoms with E-state index in [9.17, 15) is 13.2 Å². The lowest BCUT2D eigenvalue weighted by Gasteiger charge is -2.11. The van der Waals surface area contributed by atoms with E-state index in [0.29, 0.717) is 10.1 Å². The van der Waals surface area contributed by atoms with Gasteiger partial charge in [-0.05, 0) is 6.92 Å². The largest absolute Gasteiger partial charge is 0.374 e. The number of hydrogen-bond donors (Lipinski definition) is 3. The van der Waals surface area contributed by atoms with Gasteiger partial charge in [-0.15, -0.1) is 10.2 Å². The third-order valence-corrected chi connectivity index (χ3v) is 3.21. The van der Waals surface area contributed by atoms with Gasteiger partial charge in [0.25, 0.3) is 0 Å². The summed E-state index contributed by atoms with van der Waals surface area (Å²) < 4.78 is 24.0. The first-order valence-electron chi connectivity index (χ1n) is 4.61. The first-order chi connectivity index (χ1) is 7.78. The Morgan fingerprint density at radius 1 is 1.53 bits per heavy atom. The molecule has 4 N–H and O–H groups in total. The Balaban J connectivity index is 2.44. The summed E-state index contributed by atoms with van der Waals surface area (Å²) in [6.07, 6.45) is 0.988. The van der Waals surface area contributed by atoms with Gasteiger partial charge >= 0.3 is 0 Å². The molecule has 0 fully saturated rings. The molecule has 1 atom stereocenters. The molecule has 0 spiro atoms. The zero-order valence-corrected chi connectivity index (χ0v) is 10.9. The third-order valence-electron chi connectivity index (χ3n) is 1.68. The molecule has 1 aromatic rings. The molecule has 1 rings (SSSR count). The van der Waals surface area contributed by atoms with Crippen LogP contribution in [0.5, 0.6) is 0 Å². The van der Waals surface area contributed by atoms with Gasteiger partial charge in [0, 0.05) is 0 Å². The van der Waals surface area contributed by atoms with Crippen molar-refractivity contribution >= 4 is 32.4 Å². The summed E-state index contributed by atoms with van der Waals surface area (Å²) in [5, 5.41) is 10.7. The van der Waals surface area contributed by atoms with Crippen LogP contribution < -0.4 is 15.8 Å². The molecule has 1 aromatic heterocycles. The second-order valence-electron chi connectivity index (χ2n) is 3.36. The van der Waals surface area contributed by atoms with Gasteiger partial charge in [-0.3, -0.25) is 4.79 Å². The average molecular weight is 279 g/mol. The van der Waals surface area contributed by atoms with Crippen molar-refractivity contribution in [2.75, 3.05) is 12.0 Å². The molecular weight excluding hydrogens is 266 g/mol. The van der Waals surface area contributed by atoms with Crippen LogP contribution in [-0.4, -0.2) is 36.8 Å². The second kappa shape index (κ2) is 5.38. The number of aromatic nitrogens is 2. The Hall–Kier alpha value is -1.26. The Morgan fingerprint density at radius 3 is 2.65 bits per heavy atom. The molecule has 8 nitrogen and oxygen atoms in total. The summed E-state index contributed by atoms with van der Waals surface area (Å²) in [5.41, 5.74) is 5.37. The standard InChI is InChI=1S/C7H13N5O3S2/c1-4(12-17(2,14)15)6(13)9-3-5-10-11-7(8)16-5/h4,12H,3H2,1-2H3,(H2,8,11)(H,9,13). The maximum absolute atomic E-state index is 11.5. The summed E-state index contributed by atoms with van der Waals surface area (Å²) in [4.78, 5) is 11.5. The minimum Gasteiger partial charge on any atom is -0.374 e. The maximum atomic E-state index is 11.5. The van der Waals surface area contributed by atoms with Crippen molar-refractivity contribution in [1.82, 2.24) is 20.2 Å². The van der Waals surface area contributed by atoms with Gasteiger partial charge in [0.05, 0.1) is 18.8 Å². The van der Waals surface area contributed by atoms with Crippen molar-refractivity contribution < 1.29 is 13.2 Å². The Kier molecular flexibility index (Phi) is 4.37. The molecule has 0 saturated heterocycles. The van der Waals surface area contributed by atoms with Crippen molar-refractivity contribution in [3.05, 3.63) is 5.01 Å². The van der Waals surface area contributed by atoms with Crippen molar-refractivity contribution in [2.24, 2.45) is 0 Å². The number of nitrogens with two attached hydrogens (primary N) is 1. The number of sulfonamides is 1. The van der Waals surface area contributed by atoms with Crippen LogP contribution in [0.2, 0.25) is 0 Å². The summed E-state index contributed by atoms with van der Waals surface area (Å²) in [6.45, 7) is 1.62. The normalized spacial score (nSPS) is 13.3. The molecule has 0 saturated carbocycles. The fourth-order valence-electron chi connectivity index (χ4n) is 1.03. The molecule has 0 aliphatic carbocycles. The van der Waals surface area contributed by atoms with E-state index in [1.807, 2.05) is 0 Å². The van der Waals surface area contributed by atoms with Gasteiger partial charge < -0.3 is 11.1 Å². The van der Waals surface area contributed by atoms with E-state index in [1.54, 1.807) is 0 Å². The van der Waals surface area contributed by atoms with Crippen molar-refractivity contribution in [3.8, 4) is 0 Å². The molecular formula is C7H13N5O3S2. The molecule has 1 unspecified atom stereocenters. The number of amides is 1. The van der Waals surface area contributed by atoms with Gasteiger partial charge in [-0.2, -0.15) is 0 Å². The molecule has 0 aromatic carbocycles. The number of nitrogens with zero attached hydrogens (tertiary/aromatic N) is 2. The molecule has 0 aliphatic rings. The number of hydrogen-bond acceptors (Lipinski definition) is 7. The van der Waals surface area contributed by atoms with Crippen LogP contribution >= 0.6 is 11.3 Å². The van der Waals surface area contributed by atoms with Crippen LogP contribution in [0, 0.1) is 0 Å². The third kappa shape index (κ3) is 5.06. The molecule has 17 heavy (non-hydrogen) atoms. The fourth-order valence-corrected chi connectivity index (χ4v) is 2.33. The first kappa shape index (κ1) is 13.8. The predicted octanol–water partition coefficient (Wildman–Crippen LogP) is -1.33. The quantitative estimate of drug-likeness (QED) is 0.613. The summed E-state index contributed by atoms with van der Waals surface area (Å²) >= 11 is 1.16. The van der Waals surface area contributed by atoms with Crippen molar-refractivity contribution in [1.29, 1.82) is 0 Å². The number of carbonyl (C=O) groups is 1. The molecule has 1 heterocycles. The predicted molar refractivity (Wildman–Crippen MR) is 63.6 cm³/mol. The number of rotatable bonds is 5. The van der Waals surface area contributed by atoms with E-state index >= 15 is 0 Å². The lowest BCUT2D eigenvalue weighted by Crippen LogP contribution is -2.44. The van der Waals surface area contributed by atoms with Gasteiger partial charge in [0.15, 0.2) is 0 Å². The minimum absolute atomic E-state index is 0.170. The van der Waals surface area contributed by atoms with Gasteiger partial charge in [0.2, 0.25) is 21.1 Å². The van der Waals surface area contributed by atoms with E-state index in [-0.39, 0.29) is 6.54 Å². The molecule has 0 aliphatic heterocycles. The Morgan fingerprint density at radius 2 is 2.18 bits per heavy atom. The molecule has 96 valence electrons. The van der Waals surface area contributed by atoms with E-state index in [1.165, 1.54) is 6.92 Å². The second-order valence-corrected chi connectivity index (χ2v) is 6.24. The summed E-state index contributed by atoms with van der Waals surface area (Å²) in [5.74, 6) is -0.441. The van der Waals surface area contributed by atoms with Crippen molar-refractivity contribution in [2.45, 2.75) is 19.5 Å². The summed E-state index contributed by atoms with van der Waals surface area (Å²) in [6, 6.07) is -0.838. The fraction of sp³-hybridized carbons (Fsp3) is 0.571. The van der Waals surface area contributed by atoms with Gasteiger partial charge in [-0.1, -0.05) is 11.3 Å². The summed E-state index contributed by atoms with van der Waals surface area (Å²) in [7, 11) is -3.40. The monoisotopic (exact) mass is 279 g/mol. The van der Waals surface area contributed by atoms with Gasteiger partial charge in [0.1, 0.15) is 5.01 Å². The number of nitrogen functional groups attached to an aromatic ring is 1. The highest BCUT2D eigenvalue weighted by Crippen LogP contribution is 2.09. The lowest BCUT2D eigenvalue weighted by molar-refractivity contribution is -0.122. The van der Waals surface area contributed by atoms with Crippen LogP contribution in [0.15, 0.2) is 0 Å². The maximum Gasteiger partial charge on any atom is 0.238 e. The Labute approximate surface area is 103 Å². The molecule has 0 bridgehead atoms.